The van der Waals surface area contributed by atoms with Crippen LogP contribution in [0.25, 0.3) is 0 Å². The van der Waals surface area contributed by atoms with Crippen LogP contribution in [0.4, 0.5) is 11.4 Å². The Bertz CT molecular complexity index is 1080. The number of benzene rings is 3. The number of para-hydroxylation sites is 1. The number of aryl methyl sites for hydroxylation is 2. The number of carbonyl (C=O) groups excluding carboxylic acids is 2. The lowest BCUT2D eigenvalue weighted by molar-refractivity contribution is -0.118. The van der Waals surface area contributed by atoms with Gasteiger partial charge in [0.15, 0.2) is 6.61 Å². The number of thioether (sulfide) groups is 1. The monoisotopic (exact) mass is 432 g/mol. The van der Waals surface area contributed by atoms with Crippen LogP contribution in [0.3, 0.4) is 0 Å². The Balaban J connectivity index is 1.49. The standard InChI is InChI=1S/C25H24N2O3S/c1-17-11-18(2)13-21(12-17)27-24(29)16-31-25(27)19-7-6-8-20(14-19)26-23(28)15-30-22-9-4-3-5-10-22/h3-14,25H,15-16H2,1-2H3,(H,26,28). The third kappa shape index (κ3) is 5.09. The quantitative estimate of drug-likeness (QED) is 0.589. The summed E-state index contributed by atoms with van der Waals surface area (Å²) in [4.78, 5) is 26.9. The van der Waals surface area contributed by atoms with E-state index in [1.54, 1.807) is 11.8 Å². The van der Waals surface area contributed by atoms with Crippen LogP contribution < -0.4 is 15.0 Å². The van der Waals surface area contributed by atoms with E-state index in [0.29, 0.717) is 17.2 Å². The molecule has 4 rings (SSSR count). The van der Waals surface area contributed by atoms with Gasteiger partial charge in [-0.1, -0.05) is 36.4 Å². The van der Waals surface area contributed by atoms with Gasteiger partial charge in [0.2, 0.25) is 5.91 Å². The molecule has 1 aliphatic rings. The van der Waals surface area contributed by atoms with E-state index >= 15 is 0 Å². The molecule has 1 unspecified atom stereocenters. The largest absolute Gasteiger partial charge is 0.484 e. The summed E-state index contributed by atoms with van der Waals surface area (Å²) in [5.41, 5.74) is 4.80. The molecular formula is C25H24N2O3S. The molecule has 5 nitrogen and oxygen atoms in total. The average Bonchev–Trinajstić information content (AvgIpc) is 3.14. The van der Waals surface area contributed by atoms with E-state index in [2.05, 4.69) is 11.4 Å². The molecule has 1 aliphatic heterocycles. The van der Waals surface area contributed by atoms with Gasteiger partial charge in [-0.2, -0.15) is 0 Å². The first-order chi connectivity index (χ1) is 15.0. The topological polar surface area (TPSA) is 58.6 Å². The van der Waals surface area contributed by atoms with Crippen molar-refractivity contribution in [2.75, 3.05) is 22.6 Å². The number of nitrogens with zero attached hydrogens (tertiary/aromatic N) is 1. The van der Waals surface area contributed by atoms with Crippen LogP contribution in [-0.4, -0.2) is 24.2 Å². The van der Waals surface area contributed by atoms with E-state index in [-0.39, 0.29) is 23.8 Å². The lowest BCUT2D eigenvalue weighted by Crippen LogP contribution is -2.28. The molecule has 0 aromatic heterocycles. The van der Waals surface area contributed by atoms with Crippen LogP contribution in [0.5, 0.6) is 5.75 Å². The summed E-state index contributed by atoms with van der Waals surface area (Å²) in [7, 11) is 0. The molecule has 3 aromatic carbocycles. The zero-order valence-electron chi connectivity index (χ0n) is 17.5. The van der Waals surface area contributed by atoms with Gasteiger partial charge in [0.1, 0.15) is 11.1 Å². The Morgan fingerprint density at radius 1 is 1.03 bits per heavy atom. The highest BCUT2D eigenvalue weighted by atomic mass is 32.2. The van der Waals surface area contributed by atoms with E-state index < -0.39 is 0 Å². The molecule has 6 heteroatoms. The zero-order valence-corrected chi connectivity index (χ0v) is 18.3. The average molecular weight is 433 g/mol. The Morgan fingerprint density at radius 2 is 1.77 bits per heavy atom. The fraction of sp³-hybridized carbons (Fsp3) is 0.200. The number of anilines is 2. The molecule has 0 aliphatic carbocycles. The molecule has 1 N–H and O–H groups in total. The first kappa shape index (κ1) is 21.0. The fourth-order valence-corrected chi connectivity index (χ4v) is 4.84. The molecule has 0 spiro atoms. The van der Waals surface area contributed by atoms with Gasteiger partial charge in [-0.25, -0.2) is 0 Å². The molecule has 0 radical (unpaired) electrons. The third-order valence-electron chi connectivity index (χ3n) is 4.92. The second-order valence-corrected chi connectivity index (χ2v) is 8.62. The summed E-state index contributed by atoms with van der Waals surface area (Å²) in [5.74, 6) is 0.934. The third-order valence-corrected chi connectivity index (χ3v) is 6.13. The van der Waals surface area contributed by atoms with E-state index in [1.807, 2.05) is 85.5 Å². The second-order valence-electron chi connectivity index (χ2n) is 7.55. The van der Waals surface area contributed by atoms with Crippen LogP contribution >= 0.6 is 11.8 Å². The molecule has 1 fully saturated rings. The molecule has 1 heterocycles. The molecule has 1 saturated heterocycles. The van der Waals surface area contributed by atoms with Gasteiger partial charge < -0.3 is 10.1 Å². The summed E-state index contributed by atoms with van der Waals surface area (Å²) >= 11 is 1.59. The minimum absolute atomic E-state index is 0.0698. The summed E-state index contributed by atoms with van der Waals surface area (Å²) < 4.78 is 5.51. The number of hydrogen-bond donors (Lipinski definition) is 1. The number of ether oxygens (including phenoxy) is 1. The smallest absolute Gasteiger partial charge is 0.262 e. The molecule has 158 valence electrons. The molecule has 0 saturated carbocycles. The Hall–Kier alpha value is -3.25. The van der Waals surface area contributed by atoms with Crippen LogP contribution in [0.15, 0.2) is 72.8 Å². The predicted molar refractivity (Wildman–Crippen MR) is 126 cm³/mol. The van der Waals surface area contributed by atoms with Gasteiger partial charge in [0, 0.05) is 11.4 Å². The Morgan fingerprint density at radius 3 is 2.52 bits per heavy atom. The van der Waals surface area contributed by atoms with E-state index in [0.717, 1.165) is 22.4 Å². The van der Waals surface area contributed by atoms with Gasteiger partial charge in [-0.15, -0.1) is 11.8 Å². The number of hydrogen-bond acceptors (Lipinski definition) is 4. The van der Waals surface area contributed by atoms with Gasteiger partial charge in [0.25, 0.3) is 5.91 Å². The van der Waals surface area contributed by atoms with Crippen molar-refractivity contribution < 1.29 is 14.3 Å². The van der Waals surface area contributed by atoms with Crippen molar-refractivity contribution in [2.24, 2.45) is 0 Å². The molecule has 0 bridgehead atoms. The molecule has 2 amide bonds. The lowest BCUT2D eigenvalue weighted by atomic mass is 10.1. The summed E-state index contributed by atoms with van der Waals surface area (Å²) in [6.45, 7) is 4.00. The maximum Gasteiger partial charge on any atom is 0.262 e. The molecular weight excluding hydrogens is 408 g/mol. The Kier molecular flexibility index (Phi) is 6.28. The first-order valence-electron chi connectivity index (χ1n) is 10.1. The highest BCUT2D eigenvalue weighted by Crippen LogP contribution is 2.42. The predicted octanol–water partition coefficient (Wildman–Crippen LogP) is 5.10. The molecule has 1 atom stereocenters. The van der Waals surface area contributed by atoms with Gasteiger partial charge in [0.05, 0.1) is 5.75 Å². The van der Waals surface area contributed by atoms with Crippen LogP contribution in [-0.2, 0) is 9.59 Å². The summed E-state index contributed by atoms with van der Waals surface area (Å²) in [6, 6.07) is 23.1. The number of carbonyl (C=O) groups is 2. The normalized spacial score (nSPS) is 15.7. The van der Waals surface area contributed by atoms with Crippen molar-refractivity contribution in [3.8, 4) is 5.75 Å². The lowest BCUT2D eigenvalue weighted by Gasteiger charge is -2.25. The van der Waals surface area contributed by atoms with Crippen LogP contribution in [0.2, 0.25) is 0 Å². The van der Waals surface area contributed by atoms with E-state index in [1.165, 1.54) is 0 Å². The zero-order chi connectivity index (χ0) is 21.8. The number of amides is 2. The second kappa shape index (κ2) is 9.27. The highest BCUT2D eigenvalue weighted by molar-refractivity contribution is 8.00. The van der Waals surface area contributed by atoms with E-state index in [4.69, 9.17) is 4.74 Å². The molecule has 31 heavy (non-hydrogen) atoms. The van der Waals surface area contributed by atoms with Crippen molar-refractivity contribution in [2.45, 2.75) is 19.2 Å². The maximum absolute atomic E-state index is 12.7. The number of nitrogens with one attached hydrogen (secondary N) is 1. The highest BCUT2D eigenvalue weighted by Gasteiger charge is 2.34. The van der Waals surface area contributed by atoms with Crippen molar-refractivity contribution in [1.82, 2.24) is 0 Å². The van der Waals surface area contributed by atoms with Crippen molar-refractivity contribution in [3.05, 3.63) is 89.5 Å². The number of rotatable bonds is 6. The van der Waals surface area contributed by atoms with Gasteiger partial charge in [-0.3, -0.25) is 14.5 Å². The van der Waals surface area contributed by atoms with Gasteiger partial charge >= 0.3 is 0 Å². The summed E-state index contributed by atoms with van der Waals surface area (Å²) in [5, 5.41) is 2.75. The first-order valence-corrected chi connectivity index (χ1v) is 11.1. The minimum atomic E-state index is -0.234. The van der Waals surface area contributed by atoms with E-state index in [9.17, 15) is 9.59 Å². The van der Waals surface area contributed by atoms with Gasteiger partial charge in [-0.05, 0) is 66.9 Å². The molecule has 3 aromatic rings. The Labute approximate surface area is 186 Å². The SMILES string of the molecule is Cc1cc(C)cc(N2C(=O)CSC2c2cccc(NC(=O)COc3ccccc3)c2)c1. The van der Waals surface area contributed by atoms with Crippen LogP contribution in [0.1, 0.15) is 22.1 Å². The van der Waals surface area contributed by atoms with Crippen molar-refractivity contribution in [3.63, 3.8) is 0 Å². The fourth-order valence-electron chi connectivity index (χ4n) is 3.67. The van der Waals surface area contributed by atoms with Crippen molar-refractivity contribution >= 4 is 35.0 Å². The minimum Gasteiger partial charge on any atom is -0.484 e. The summed E-state index contributed by atoms with van der Waals surface area (Å²) in [6.07, 6.45) is 0. The van der Waals surface area contributed by atoms with Crippen LogP contribution in [0, 0.1) is 13.8 Å². The maximum atomic E-state index is 12.7. The van der Waals surface area contributed by atoms with Crippen molar-refractivity contribution in [1.29, 1.82) is 0 Å².